The largest absolute Gasteiger partial charge is 0.370 e. The third kappa shape index (κ3) is 3.29. The first kappa shape index (κ1) is 12.6. The maximum Gasteiger partial charge on any atom is 0.255 e. The van der Waals surface area contributed by atoms with Gasteiger partial charge in [0.1, 0.15) is 17.5 Å². The molecule has 0 saturated heterocycles. The van der Waals surface area contributed by atoms with Crippen LogP contribution in [0.1, 0.15) is 18.3 Å². The van der Waals surface area contributed by atoms with E-state index in [0.717, 1.165) is 12.1 Å². The number of nitrogens with one attached hydrogen (secondary N) is 2. The van der Waals surface area contributed by atoms with Crippen molar-refractivity contribution in [3.8, 4) is 0 Å². The molecule has 0 aliphatic rings. The van der Waals surface area contributed by atoms with Gasteiger partial charge in [0.15, 0.2) is 0 Å². The molecule has 90 valence electrons. The molecule has 0 aliphatic carbocycles. The van der Waals surface area contributed by atoms with Crippen LogP contribution in [-0.4, -0.2) is 29.5 Å². The quantitative estimate of drug-likeness (QED) is 0.814. The molecule has 0 spiro atoms. The highest BCUT2D eigenvalue weighted by Gasteiger charge is 2.10. The van der Waals surface area contributed by atoms with Crippen molar-refractivity contribution in [3.05, 3.63) is 11.4 Å². The molecule has 0 aliphatic heterocycles. The summed E-state index contributed by atoms with van der Waals surface area (Å²) in [6.07, 6.45) is -2.39. The lowest BCUT2D eigenvalue weighted by atomic mass is 10.3. The average Bonchev–Trinajstić information content (AvgIpc) is 2.21. The van der Waals surface area contributed by atoms with Gasteiger partial charge in [0.25, 0.3) is 6.43 Å². The molecule has 0 saturated carbocycles. The number of hydrogen-bond donors (Lipinski definition) is 2. The van der Waals surface area contributed by atoms with Gasteiger partial charge in [-0.15, -0.1) is 0 Å². The highest BCUT2D eigenvalue weighted by atomic mass is 19.3. The van der Waals surface area contributed by atoms with Crippen molar-refractivity contribution in [2.75, 3.05) is 23.7 Å². The summed E-state index contributed by atoms with van der Waals surface area (Å²) in [6, 6.07) is 0. The minimum atomic E-state index is -2.39. The molecule has 0 atom stereocenters. The number of hydrogen-bond acceptors (Lipinski definition) is 4. The van der Waals surface area contributed by atoms with Crippen molar-refractivity contribution < 1.29 is 8.78 Å². The zero-order chi connectivity index (χ0) is 12.1. The Morgan fingerprint density at radius 2 is 1.69 bits per heavy atom. The Bertz CT molecular complexity index is 355. The van der Waals surface area contributed by atoms with Crippen molar-refractivity contribution in [2.24, 2.45) is 0 Å². The molecule has 16 heavy (non-hydrogen) atoms. The van der Waals surface area contributed by atoms with Crippen LogP contribution in [0.4, 0.5) is 20.4 Å². The number of anilines is 2. The van der Waals surface area contributed by atoms with Gasteiger partial charge >= 0.3 is 0 Å². The van der Waals surface area contributed by atoms with Gasteiger partial charge in [-0.3, -0.25) is 0 Å². The van der Waals surface area contributed by atoms with Gasteiger partial charge in [0.2, 0.25) is 0 Å². The van der Waals surface area contributed by atoms with Gasteiger partial charge in [-0.05, 0) is 20.8 Å². The fourth-order valence-electron chi connectivity index (χ4n) is 1.31. The lowest BCUT2D eigenvalue weighted by Gasteiger charge is -2.13. The van der Waals surface area contributed by atoms with Gasteiger partial charge in [-0.1, -0.05) is 0 Å². The lowest BCUT2D eigenvalue weighted by Crippen LogP contribution is -2.14. The Labute approximate surface area is 93.5 Å². The Kier molecular flexibility index (Phi) is 4.39. The molecule has 1 heterocycles. The summed E-state index contributed by atoms with van der Waals surface area (Å²) >= 11 is 0. The number of aromatic nitrogens is 2. The number of nitrogens with zero attached hydrogens (tertiary/aromatic N) is 2. The van der Waals surface area contributed by atoms with Gasteiger partial charge in [-0.2, -0.15) is 0 Å². The Morgan fingerprint density at radius 1 is 1.12 bits per heavy atom. The van der Waals surface area contributed by atoms with E-state index in [0.29, 0.717) is 17.5 Å². The van der Waals surface area contributed by atoms with Crippen LogP contribution < -0.4 is 10.6 Å². The minimum absolute atomic E-state index is 0.400. The topological polar surface area (TPSA) is 49.8 Å². The maximum atomic E-state index is 12.1. The van der Waals surface area contributed by atoms with Crippen molar-refractivity contribution >= 4 is 11.6 Å². The first-order chi connectivity index (χ1) is 7.54. The predicted molar refractivity (Wildman–Crippen MR) is 60.2 cm³/mol. The molecule has 4 nitrogen and oxygen atoms in total. The normalized spacial score (nSPS) is 10.6. The van der Waals surface area contributed by atoms with Crippen LogP contribution in [0.15, 0.2) is 0 Å². The molecular formula is C10H16F2N4. The molecule has 0 radical (unpaired) electrons. The zero-order valence-electron chi connectivity index (χ0n) is 9.64. The Morgan fingerprint density at radius 3 is 2.19 bits per heavy atom. The van der Waals surface area contributed by atoms with Gasteiger partial charge in [0, 0.05) is 12.1 Å². The number of alkyl halides is 2. The number of aryl methyl sites for hydroxylation is 1. The molecule has 0 unspecified atom stereocenters. The molecule has 0 bridgehead atoms. The maximum absolute atomic E-state index is 12.1. The highest BCUT2D eigenvalue weighted by Crippen LogP contribution is 2.19. The Hall–Kier alpha value is -1.46. The minimum Gasteiger partial charge on any atom is -0.370 e. The van der Waals surface area contributed by atoms with E-state index in [1.54, 1.807) is 13.8 Å². The summed E-state index contributed by atoms with van der Waals surface area (Å²) in [5.74, 6) is 1.70. The van der Waals surface area contributed by atoms with Crippen LogP contribution in [0, 0.1) is 13.8 Å². The molecule has 1 rings (SSSR count). The number of rotatable bonds is 5. The highest BCUT2D eigenvalue weighted by molar-refractivity contribution is 5.57. The van der Waals surface area contributed by atoms with Crippen LogP contribution in [0.2, 0.25) is 0 Å². The van der Waals surface area contributed by atoms with E-state index in [1.165, 1.54) is 0 Å². The second-order valence-electron chi connectivity index (χ2n) is 3.40. The third-order valence-corrected chi connectivity index (χ3v) is 2.03. The van der Waals surface area contributed by atoms with Gasteiger partial charge in [-0.25, -0.2) is 18.7 Å². The van der Waals surface area contributed by atoms with Crippen LogP contribution >= 0.6 is 0 Å². The van der Waals surface area contributed by atoms with E-state index >= 15 is 0 Å². The second kappa shape index (κ2) is 5.58. The van der Waals surface area contributed by atoms with E-state index in [1.807, 2.05) is 6.92 Å². The summed E-state index contributed by atoms with van der Waals surface area (Å²) in [5, 5.41) is 5.68. The first-order valence-electron chi connectivity index (χ1n) is 5.15. The molecular weight excluding hydrogens is 214 g/mol. The van der Waals surface area contributed by atoms with Crippen molar-refractivity contribution in [1.82, 2.24) is 9.97 Å². The van der Waals surface area contributed by atoms with Crippen LogP contribution in [-0.2, 0) is 0 Å². The van der Waals surface area contributed by atoms with Crippen molar-refractivity contribution in [2.45, 2.75) is 27.2 Å². The SMILES string of the molecule is CCNc1nc(C)nc(NCC(F)F)c1C. The fraction of sp³-hybridized carbons (Fsp3) is 0.600. The molecule has 0 amide bonds. The summed E-state index contributed by atoms with van der Waals surface area (Å²) < 4.78 is 24.2. The summed E-state index contributed by atoms with van der Waals surface area (Å²) in [7, 11) is 0. The summed E-state index contributed by atoms with van der Waals surface area (Å²) in [6.45, 7) is 5.80. The number of halogens is 2. The smallest absolute Gasteiger partial charge is 0.255 e. The molecule has 0 fully saturated rings. The first-order valence-corrected chi connectivity index (χ1v) is 5.15. The molecule has 0 aromatic carbocycles. The van der Waals surface area contributed by atoms with Crippen molar-refractivity contribution in [1.29, 1.82) is 0 Å². The zero-order valence-corrected chi connectivity index (χ0v) is 9.64. The summed E-state index contributed by atoms with van der Waals surface area (Å²) in [4.78, 5) is 8.29. The van der Waals surface area contributed by atoms with Crippen LogP contribution in [0.5, 0.6) is 0 Å². The predicted octanol–water partition coefficient (Wildman–Crippen LogP) is 2.20. The van der Waals surface area contributed by atoms with E-state index in [9.17, 15) is 8.78 Å². The molecule has 2 N–H and O–H groups in total. The van der Waals surface area contributed by atoms with E-state index in [2.05, 4.69) is 20.6 Å². The second-order valence-corrected chi connectivity index (χ2v) is 3.40. The van der Waals surface area contributed by atoms with E-state index < -0.39 is 13.0 Å². The third-order valence-electron chi connectivity index (χ3n) is 2.03. The van der Waals surface area contributed by atoms with Gasteiger partial charge in [0.05, 0.1) is 6.54 Å². The fourth-order valence-corrected chi connectivity index (χ4v) is 1.31. The van der Waals surface area contributed by atoms with E-state index in [-0.39, 0.29) is 0 Å². The molecule has 1 aromatic rings. The molecule has 1 aromatic heterocycles. The van der Waals surface area contributed by atoms with Crippen molar-refractivity contribution in [3.63, 3.8) is 0 Å². The monoisotopic (exact) mass is 230 g/mol. The molecule has 6 heteroatoms. The van der Waals surface area contributed by atoms with Crippen LogP contribution in [0.3, 0.4) is 0 Å². The van der Waals surface area contributed by atoms with Gasteiger partial charge < -0.3 is 10.6 Å². The van der Waals surface area contributed by atoms with Crippen LogP contribution in [0.25, 0.3) is 0 Å². The average molecular weight is 230 g/mol. The van der Waals surface area contributed by atoms with E-state index in [4.69, 9.17) is 0 Å². The standard InChI is InChI=1S/C10H16F2N4/c1-4-13-9-6(2)10(14-5-8(11)12)16-7(3)15-9/h8H,4-5H2,1-3H3,(H2,13,14,15,16). The Balaban J connectivity index is 2.90. The lowest BCUT2D eigenvalue weighted by molar-refractivity contribution is 0.163. The summed E-state index contributed by atoms with van der Waals surface area (Å²) in [5.41, 5.74) is 0.758.